The molecule has 0 heterocycles. The zero-order chi connectivity index (χ0) is 19.6. The highest BCUT2D eigenvalue weighted by Crippen LogP contribution is 2.31. The van der Waals surface area contributed by atoms with Crippen molar-refractivity contribution < 1.29 is 19.4 Å². The molecule has 0 aromatic heterocycles. The number of carbonyl (C=O) groups is 2. The van der Waals surface area contributed by atoms with Gasteiger partial charge in [-0.1, -0.05) is 52.4 Å². The summed E-state index contributed by atoms with van der Waals surface area (Å²) in [5.41, 5.74) is -0.418. The largest absolute Gasteiger partial charge is 0.481 e. The summed E-state index contributed by atoms with van der Waals surface area (Å²) in [4.78, 5) is 23.4. The number of carboxylic acids is 1. The second-order valence-electron chi connectivity index (χ2n) is 9.12. The number of hydrogen-bond acceptors (Lipinski definition) is 3. The van der Waals surface area contributed by atoms with Crippen molar-refractivity contribution in [2.45, 2.75) is 110 Å². The van der Waals surface area contributed by atoms with Gasteiger partial charge < -0.3 is 9.84 Å². The van der Waals surface area contributed by atoms with Crippen molar-refractivity contribution in [3.63, 3.8) is 0 Å². The normalized spacial score (nSPS) is 21.0. The molecule has 152 valence electrons. The Bertz CT molecular complexity index is 420. The highest BCUT2D eigenvalue weighted by molar-refractivity contribution is 5.74. The third-order valence-corrected chi connectivity index (χ3v) is 5.60. The Kier molecular flexibility index (Phi) is 10.3. The molecule has 0 unspecified atom stereocenters. The summed E-state index contributed by atoms with van der Waals surface area (Å²) in [5.74, 6) is -0.461. The molecule has 0 radical (unpaired) electrons. The Balaban J connectivity index is 2.15. The minimum absolute atomic E-state index is 0.120. The summed E-state index contributed by atoms with van der Waals surface area (Å²) in [6.07, 6.45) is 12.2. The van der Waals surface area contributed by atoms with Crippen molar-refractivity contribution in [1.82, 2.24) is 0 Å². The summed E-state index contributed by atoms with van der Waals surface area (Å²) >= 11 is 0. The first kappa shape index (κ1) is 23.0. The average molecular weight is 369 g/mol. The fourth-order valence-corrected chi connectivity index (χ4v) is 3.79. The van der Waals surface area contributed by atoms with Gasteiger partial charge >= 0.3 is 11.9 Å². The second kappa shape index (κ2) is 11.6. The average Bonchev–Trinajstić information content (AvgIpc) is 2.56. The lowest BCUT2D eigenvalue weighted by molar-refractivity contribution is -0.165. The first-order chi connectivity index (χ1) is 12.2. The molecule has 1 N–H and O–H groups in total. The van der Waals surface area contributed by atoms with E-state index in [4.69, 9.17) is 9.84 Å². The minimum Gasteiger partial charge on any atom is -0.481 e. The van der Waals surface area contributed by atoms with E-state index in [0.29, 0.717) is 25.7 Å². The van der Waals surface area contributed by atoms with Crippen LogP contribution in [0.4, 0.5) is 0 Å². The molecule has 1 aliphatic rings. The van der Waals surface area contributed by atoms with Crippen LogP contribution in [0.3, 0.4) is 0 Å². The van der Waals surface area contributed by atoms with E-state index in [1.165, 1.54) is 38.5 Å². The monoisotopic (exact) mass is 368 g/mol. The summed E-state index contributed by atoms with van der Waals surface area (Å²) in [6.45, 7) is 8.55. The molecule has 0 aromatic carbocycles. The maximum Gasteiger partial charge on any atom is 0.309 e. The van der Waals surface area contributed by atoms with Crippen LogP contribution in [0.5, 0.6) is 0 Å². The van der Waals surface area contributed by atoms with Gasteiger partial charge in [-0.25, -0.2) is 0 Å². The highest BCUT2D eigenvalue weighted by Gasteiger charge is 2.33. The van der Waals surface area contributed by atoms with E-state index in [1.807, 2.05) is 13.8 Å². The predicted molar refractivity (Wildman–Crippen MR) is 105 cm³/mol. The van der Waals surface area contributed by atoms with Crippen LogP contribution in [0.15, 0.2) is 0 Å². The molecule has 1 fully saturated rings. The number of rotatable bonds is 12. The van der Waals surface area contributed by atoms with Gasteiger partial charge in [-0.3, -0.25) is 9.59 Å². The lowest BCUT2D eigenvalue weighted by Crippen LogP contribution is -2.34. The van der Waals surface area contributed by atoms with E-state index in [1.54, 1.807) is 0 Å². The van der Waals surface area contributed by atoms with E-state index in [0.717, 1.165) is 18.8 Å². The Morgan fingerprint density at radius 2 is 1.42 bits per heavy atom. The van der Waals surface area contributed by atoms with Gasteiger partial charge in [0.15, 0.2) is 0 Å². The topological polar surface area (TPSA) is 63.6 Å². The van der Waals surface area contributed by atoms with Crippen molar-refractivity contribution in [3.05, 3.63) is 0 Å². The standard InChI is InChI=1S/C22H40O4/c1-17(2)11-9-7-5-6-8-10-16-22(3,4)26-21(25)19-14-12-18(13-15-19)20(23)24/h17-19H,5-16H2,1-4H3,(H,23,24). The minimum atomic E-state index is -0.735. The molecule has 0 atom stereocenters. The Morgan fingerprint density at radius 1 is 0.923 bits per heavy atom. The lowest BCUT2D eigenvalue weighted by Gasteiger charge is -2.30. The fraction of sp³-hybridized carbons (Fsp3) is 0.909. The number of unbranched alkanes of at least 4 members (excludes halogenated alkanes) is 5. The van der Waals surface area contributed by atoms with Crippen LogP contribution >= 0.6 is 0 Å². The van der Waals surface area contributed by atoms with E-state index < -0.39 is 11.6 Å². The van der Waals surface area contributed by atoms with Gasteiger partial charge in [0.05, 0.1) is 11.8 Å². The molecule has 26 heavy (non-hydrogen) atoms. The second-order valence-corrected chi connectivity index (χ2v) is 9.12. The number of esters is 1. The molecule has 1 rings (SSSR count). The van der Waals surface area contributed by atoms with Crippen molar-refractivity contribution in [2.75, 3.05) is 0 Å². The quantitative estimate of drug-likeness (QED) is 0.340. The lowest BCUT2D eigenvalue weighted by atomic mass is 9.82. The van der Waals surface area contributed by atoms with Crippen LogP contribution in [0.1, 0.15) is 105 Å². The SMILES string of the molecule is CC(C)CCCCCCCCC(C)(C)OC(=O)C1CCC(C(=O)O)CC1. The summed E-state index contributed by atoms with van der Waals surface area (Å²) in [7, 11) is 0. The molecular weight excluding hydrogens is 328 g/mol. The first-order valence-electron chi connectivity index (χ1n) is 10.7. The number of aliphatic carboxylic acids is 1. The summed E-state index contributed by atoms with van der Waals surface area (Å²) in [6, 6.07) is 0. The molecule has 1 saturated carbocycles. The zero-order valence-electron chi connectivity index (χ0n) is 17.4. The van der Waals surface area contributed by atoms with Gasteiger partial charge in [-0.2, -0.15) is 0 Å². The Morgan fingerprint density at radius 3 is 1.96 bits per heavy atom. The number of ether oxygens (including phenoxy) is 1. The van der Waals surface area contributed by atoms with Gasteiger partial charge in [-0.15, -0.1) is 0 Å². The van der Waals surface area contributed by atoms with Gasteiger partial charge in [-0.05, 0) is 58.3 Å². The first-order valence-corrected chi connectivity index (χ1v) is 10.7. The van der Waals surface area contributed by atoms with Crippen molar-refractivity contribution in [1.29, 1.82) is 0 Å². The molecule has 0 saturated heterocycles. The molecule has 0 aliphatic heterocycles. The Hall–Kier alpha value is -1.06. The smallest absolute Gasteiger partial charge is 0.309 e. The maximum absolute atomic E-state index is 12.4. The van der Waals surface area contributed by atoms with Gasteiger partial charge in [0, 0.05) is 0 Å². The number of carbonyl (C=O) groups excluding carboxylic acids is 1. The van der Waals surface area contributed by atoms with Crippen LogP contribution in [0.25, 0.3) is 0 Å². The third-order valence-electron chi connectivity index (χ3n) is 5.60. The maximum atomic E-state index is 12.4. The molecular formula is C22H40O4. The van der Waals surface area contributed by atoms with Gasteiger partial charge in [0.1, 0.15) is 5.60 Å². The zero-order valence-corrected chi connectivity index (χ0v) is 17.4. The molecule has 0 spiro atoms. The van der Waals surface area contributed by atoms with Crippen LogP contribution in [0.2, 0.25) is 0 Å². The molecule has 4 heteroatoms. The third kappa shape index (κ3) is 9.59. The van der Waals surface area contributed by atoms with Crippen LogP contribution in [0, 0.1) is 17.8 Å². The van der Waals surface area contributed by atoms with Crippen molar-refractivity contribution in [3.8, 4) is 0 Å². The molecule has 0 amide bonds. The molecule has 0 bridgehead atoms. The van der Waals surface area contributed by atoms with Gasteiger partial charge in [0.25, 0.3) is 0 Å². The predicted octanol–water partition coefficient (Wildman–Crippen LogP) is 5.98. The summed E-state index contributed by atoms with van der Waals surface area (Å²) < 4.78 is 5.76. The van der Waals surface area contributed by atoms with Crippen LogP contribution in [-0.2, 0) is 14.3 Å². The van der Waals surface area contributed by atoms with Crippen molar-refractivity contribution >= 4 is 11.9 Å². The van der Waals surface area contributed by atoms with E-state index in [2.05, 4.69) is 13.8 Å². The fourth-order valence-electron chi connectivity index (χ4n) is 3.79. The van der Waals surface area contributed by atoms with Gasteiger partial charge in [0.2, 0.25) is 0 Å². The molecule has 0 aromatic rings. The van der Waals surface area contributed by atoms with Crippen LogP contribution < -0.4 is 0 Å². The summed E-state index contributed by atoms with van der Waals surface area (Å²) in [5, 5.41) is 9.05. The number of carboxylic acid groups (broad SMARTS) is 1. The Labute approximate surface area is 160 Å². The van der Waals surface area contributed by atoms with E-state index in [9.17, 15) is 9.59 Å². The highest BCUT2D eigenvalue weighted by atomic mass is 16.6. The van der Waals surface area contributed by atoms with Crippen LogP contribution in [-0.4, -0.2) is 22.6 Å². The molecule has 4 nitrogen and oxygen atoms in total. The van der Waals surface area contributed by atoms with E-state index in [-0.39, 0.29) is 17.8 Å². The number of hydrogen-bond donors (Lipinski definition) is 1. The molecule has 1 aliphatic carbocycles. The van der Waals surface area contributed by atoms with Crippen molar-refractivity contribution in [2.24, 2.45) is 17.8 Å². The van der Waals surface area contributed by atoms with E-state index >= 15 is 0 Å².